The van der Waals surface area contributed by atoms with Crippen molar-refractivity contribution in [1.82, 2.24) is 4.31 Å². The van der Waals surface area contributed by atoms with Crippen LogP contribution in [0.3, 0.4) is 0 Å². The van der Waals surface area contributed by atoms with Crippen LogP contribution in [0.1, 0.15) is 13.3 Å². The van der Waals surface area contributed by atoms with Gasteiger partial charge in [-0.3, -0.25) is 0 Å². The van der Waals surface area contributed by atoms with E-state index in [9.17, 15) is 8.42 Å². The Morgan fingerprint density at radius 2 is 1.88 bits per heavy atom. The molecule has 0 aliphatic carbocycles. The van der Waals surface area contributed by atoms with E-state index in [1.54, 1.807) is 48.5 Å². The highest BCUT2D eigenvalue weighted by atomic mass is 35.5. The van der Waals surface area contributed by atoms with Crippen molar-refractivity contribution in [2.45, 2.75) is 18.2 Å². The molecule has 1 aliphatic rings. The Balaban J connectivity index is 0.00000243. The number of halogens is 2. The summed E-state index contributed by atoms with van der Waals surface area (Å²) in [4.78, 5) is 0.257. The number of ether oxygens (including phenoxy) is 1. The minimum Gasteiger partial charge on any atom is -0.457 e. The average molecular weight is 417 g/mol. The number of nitrogens with zero attached hydrogens (tertiary/aromatic N) is 1. The SMILES string of the molecule is CC1(CN)CCN(S(=O)(=O)c2ccc(Oc3cccc(Cl)c3)cc2)C1.Cl. The highest BCUT2D eigenvalue weighted by Crippen LogP contribution is 2.33. The van der Waals surface area contributed by atoms with E-state index in [0.717, 1.165) is 6.42 Å². The van der Waals surface area contributed by atoms with Crippen LogP contribution in [0.4, 0.5) is 0 Å². The van der Waals surface area contributed by atoms with Gasteiger partial charge < -0.3 is 10.5 Å². The Kier molecular flexibility index (Phi) is 6.58. The van der Waals surface area contributed by atoms with E-state index < -0.39 is 10.0 Å². The van der Waals surface area contributed by atoms with Crippen LogP contribution in [0.5, 0.6) is 11.5 Å². The summed E-state index contributed by atoms with van der Waals surface area (Å²) in [6.45, 7) is 3.44. The molecular weight excluding hydrogens is 395 g/mol. The van der Waals surface area contributed by atoms with Crippen LogP contribution in [-0.2, 0) is 10.0 Å². The predicted octanol–water partition coefficient (Wildman–Crippen LogP) is 3.91. The van der Waals surface area contributed by atoms with E-state index >= 15 is 0 Å². The molecule has 1 aliphatic heterocycles. The number of sulfonamides is 1. The van der Waals surface area contributed by atoms with Gasteiger partial charge in [-0.15, -0.1) is 12.4 Å². The zero-order chi connectivity index (χ0) is 18.1. The van der Waals surface area contributed by atoms with Crippen molar-refractivity contribution in [3.63, 3.8) is 0 Å². The minimum atomic E-state index is -3.52. The van der Waals surface area contributed by atoms with Crippen LogP contribution >= 0.6 is 24.0 Å². The van der Waals surface area contributed by atoms with Crippen LogP contribution in [-0.4, -0.2) is 32.4 Å². The molecule has 0 aromatic heterocycles. The molecule has 0 radical (unpaired) electrons. The molecule has 3 rings (SSSR count). The molecule has 142 valence electrons. The first kappa shape index (κ1) is 21.0. The van der Waals surface area contributed by atoms with Gasteiger partial charge in [-0.05, 0) is 60.8 Å². The number of benzene rings is 2. The fraction of sp³-hybridized carbons (Fsp3) is 0.333. The maximum absolute atomic E-state index is 12.8. The predicted molar refractivity (Wildman–Crippen MR) is 106 cm³/mol. The zero-order valence-corrected chi connectivity index (χ0v) is 16.8. The molecule has 1 saturated heterocycles. The Bertz CT molecular complexity index is 859. The van der Waals surface area contributed by atoms with E-state index in [2.05, 4.69) is 0 Å². The molecule has 0 bridgehead atoms. The van der Waals surface area contributed by atoms with Gasteiger partial charge in [0.15, 0.2) is 0 Å². The van der Waals surface area contributed by atoms with Gasteiger partial charge in [0, 0.05) is 18.1 Å². The Morgan fingerprint density at radius 3 is 2.46 bits per heavy atom. The topological polar surface area (TPSA) is 72.6 Å². The van der Waals surface area contributed by atoms with Gasteiger partial charge in [0.05, 0.1) is 4.90 Å². The summed E-state index contributed by atoms with van der Waals surface area (Å²) >= 11 is 5.93. The Labute approximate surface area is 165 Å². The lowest BCUT2D eigenvalue weighted by atomic mass is 9.90. The standard InChI is InChI=1S/C18H21ClN2O3S.ClH/c1-18(12-20)9-10-21(13-18)25(22,23)17-7-5-15(6-8-17)24-16-4-2-3-14(19)11-16;/h2-8,11H,9-10,12-13,20H2,1H3;1H. The van der Waals surface area contributed by atoms with Gasteiger partial charge >= 0.3 is 0 Å². The molecule has 2 aromatic rings. The third kappa shape index (κ3) is 4.50. The molecule has 1 fully saturated rings. The summed E-state index contributed by atoms with van der Waals surface area (Å²) in [6, 6.07) is 13.4. The van der Waals surface area contributed by atoms with Gasteiger partial charge in [-0.25, -0.2) is 8.42 Å². The molecule has 1 atom stereocenters. The molecule has 8 heteroatoms. The average Bonchev–Trinajstić information content (AvgIpc) is 2.99. The first-order valence-corrected chi connectivity index (χ1v) is 9.88. The molecule has 2 aromatic carbocycles. The highest BCUT2D eigenvalue weighted by Gasteiger charge is 2.38. The van der Waals surface area contributed by atoms with E-state index in [-0.39, 0.29) is 22.7 Å². The van der Waals surface area contributed by atoms with Crippen molar-refractivity contribution in [2.75, 3.05) is 19.6 Å². The third-order valence-electron chi connectivity index (χ3n) is 4.51. The van der Waals surface area contributed by atoms with Crippen LogP contribution in [0.25, 0.3) is 0 Å². The smallest absolute Gasteiger partial charge is 0.243 e. The maximum Gasteiger partial charge on any atom is 0.243 e. The quantitative estimate of drug-likeness (QED) is 0.801. The summed E-state index contributed by atoms with van der Waals surface area (Å²) in [7, 11) is -3.52. The van der Waals surface area contributed by atoms with E-state index in [4.69, 9.17) is 22.1 Å². The monoisotopic (exact) mass is 416 g/mol. The summed E-state index contributed by atoms with van der Waals surface area (Å²) < 4.78 is 32.8. The van der Waals surface area contributed by atoms with Crippen molar-refractivity contribution in [3.05, 3.63) is 53.6 Å². The molecule has 26 heavy (non-hydrogen) atoms. The summed E-state index contributed by atoms with van der Waals surface area (Å²) in [6.07, 6.45) is 0.776. The second kappa shape index (κ2) is 8.15. The summed E-state index contributed by atoms with van der Waals surface area (Å²) in [5, 5.41) is 0.577. The van der Waals surface area contributed by atoms with Crippen molar-refractivity contribution in [1.29, 1.82) is 0 Å². The Morgan fingerprint density at radius 1 is 1.19 bits per heavy atom. The minimum absolute atomic E-state index is 0. The van der Waals surface area contributed by atoms with Crippen molar-refractivity contribution in [3.8, 4) is 11.5 Å². The zero-order valence-electron chi connectivity index (χ0n) is 14.4. The summed E-state index contributed by atoms with van der Waals surface area (Å²) in [5.74, 6) is 1.15. The van der Waals surface area contributed by atoms with Gasteiger partial charge in [0.25, 0.3) is 0 Å². The molecule has 1 heterocycles. The highest BCUT2D eigenvalue weighted by molar-refractivity contribution is 7.89. The molecular formula is C18H22Cl2N2O3S. The first-order chi connectivity index (χ1) is 11.8. The van der Waals surface area contributed by atoms with Gasteiger partial charge in [0.1, 0.15) is 11.5 Å². The molecule has 0 saturated carbocycles. The molecule has 1 unspecified atom stereocenters. The van der Waals surface area contributed by atoms with Crippen LogP contribution in [0.15, 0.2) is 53.4 Å². The fourth-order valence-corrected chi connectivity index (χ4v) is 4.62. The van der Waals surface area contributed by atoms with E-state index in [0.29, 0.717) is 36.2 Å². The molecule has 5 nitrogen and oxygen atoms in total. The number of hydrogen-bond donors (Lipinski definition) is 1. The lowest BCUT2D eigenvalue weighted by molar-refractivity contribution is 0.349. The summed E-state index contributed by atoms with van der Waals surface area (Å²) in [5.41, 5.74) is 5.62. The molecule has 0 spiro atoms. The second-order valence-electron chi connectivity index (χ2n) is 6.63. The molecule has 0 amide bonds. The lowest BCUT2D eigenvalue weighted by Gasteiger charge is -2.22. The van der Waals surface area contributed by atoms with Gasteiger partial charge in [-0.1, -0.05) is 24.6 Å². The second-order valence-corrected chi connectivity index (χ2v) is 9.01. The first-order valence-electron chi connectivity index (χ1n) is 8.06. The largest absolute Gasteiger partial charge is 0.457 e. The third-order valence-corrected chi connectivity index (χ3v) is 6.60. The van der Waals surface area contributed by atoms with Crippen LogP contribution < -0.4 is 10.5 Å². The normalized spacial score (nSPS) is 20.6. The number of nitrogens with two attached hydrogens (primary N) is 1. The van der Waals surface area contributed by atoms with Crippen molar-refractivity contribution < 1.29 is 13.2 Å². The van der Waals surface area contributed by atoms with Crippen LogP contribution in [0, 0.1) is 5.41 Å². The van der Waals surface area contributed by atoms with Crippen molar-refractivity contribution in [2.24, 2.45) is 11.1 Å². The number of hydrogen-bond acceptors (Lipinski definition) is 4. The van der Waals surface area contributed by atoms with Crippen molar-refractivity contribution >= 4 is 34.0 Å². The lowest BCUT2D eigenvalue weighted by Crippen LogP contribution is -2.34. The van der Waals surface area contributed by atoms with Gasteiger partial charge in [0.2, 0.25) is 10.0 Å². The van der Waals surface area contributed by atoms with Gasteiger partial charge in [-0.2, -0.15) is 4.31 Å². The fourth-order valence-electron chi connectivity index (χ4n) is 2.85. The van der Waals surface area contributed by atoms with E-state index in [1.165, 1.54) is 4.31 Å². The molecule has 2 N–H and O–H groups in total. The Hall–Kier alpha value is -1.31. The van der Waals surface area contributed by atoms with E-state index in [1.807, 2.05) is 6.92 Å². The van der Waals surface area contributed by atoms with Crippen LogP contribution in [0.2, 0.25) is 5.02 Å². The maximum atomic E-state index is 12.8. The number of rotatable bonds is 5.